The van der Waals surface area contributed by atoms with Crippen molar-refractivity contribution in [1.82, 2.24) is 15.1 Å². The number of hydrogen-bond acceptors (Lipinski definition) is 3. The van der Waals surface area contributed by atoms with Gasteiger partial charge in [0.05, 0.1) is 18.4 Å². The van der Waals surface area contributed by atoms with Crippen molar-refractivity contribution < 1.29 is 4.74 Å². The molecule has 0 spiro atoms. The second-order valence-corrected chi connectivity index (χ2v) is 4.11. The molecule has 0 fully saturated rings. The molecule has 4 heteroatoms. The van der Waals surface area contributed by atoms with Gasteiger partial charge in [-0.25, -0.2) is 4.68 Å². The number of methoxy groups -OCH3 is 1. The Morgan fingerprint density at radius 2 is 2.19 bits per heavy atom. The molecule has 1 aromatic heterocycles. The number of ether oxygens (including phenoxy) is 1. The van der Waals surface area contributed by atoms with E-state index in [0.717, 1.165) is 30.2 Å². The Kier molecular flexibility index (Phi) is 4.55. The van der Waals surface area contributed by atoms with E-state index in [4.69, 9.17) is 4.74 Å². The zero-order valence-corrected chi connectivity index (χ0v) is 10.8. The average molecular weight is 223 g/mol. The lowest BCUT2D eigenvalue weighted by molar-refractivity contribution is 0.368. The Balaban J connectivity index is 2.63. The lowest BCUT2D eigenvalue weighted by atomic mass is 10.2. The van der Waals surface area contributed by atoms with Gasteiger partial charge in [-0.1, -0.05) is 11.6 Å². The minimum absolute atomic E-state index is 0.784. The SMILES string of the molecule is COc1c(CNCC=C(C)C)c(C)nn1C. The highest BCUT2D eigenvalue weighted by Crippen LogP contribution is 2.20. The maximum atomic E-state index is 5.32. The molecule has 16 heavy (non-hydrogen) atoms. The van der Waals surface area contributed by atoms with Crippen LogP contribution in [0.15, 0.2) is 11.6 Å². The fourth-order valence-electron chi connectivity index (χ4n) is 1.61. The largest absolute Gasteiger partial charge is 0.481 e. The molecule has 0 saturated heterocycles. The summed E-state index contributed by atoms with van der Waals surface area (Å²) in [6, 6.07) is 0. The molecule has 90 valence electrons. The number of rotatable bonds is 5. The van der Waals surface area contributed by atoms with Gasteiger partial charge >= 0.3 is 0 Å². The van der Waals surface area contributed by atoms with Gasteiger partial charge in [0.25, 0.3) is 0 Å². The topological polar surface area (TPSA) is 39.1 Å². The highest BCUT2D eigenvalue weighted by Gasteiger charge is 2.12. The van der Waals surface area contributed by atoms with Crippen LogP contribution >= 0.6 is 0 Å². The molecule has 0 aromatic carbocycles. The molecule has 0 aliphatic rings. The van der Waals surface area contributed by atoms with E-state index in [1.165, 1.54) is 5.57 Å². The van der Waals surface area contributed by atoms with Gasteiger partial charge in [0.1, 0.15) is 0 Å². The molecular formula is C12H21N3O. The molecule has 1 aromatic rings. The highest BCUT2D eigenvalue weighted by molar-refractivity contribution is 5.30. The molecule has 1 N–H and O–H groups in total. The van der Waals surface area contributed by atoms with Crippen molar-refractivity contribution in [1.29, 1.82) is 0 Å². The van der Waals surface area contributed by atoms with E-state index in [-0.39, 0.29) is 0 Å². The summed E-state index contributed by atoms with van der Waals surface area (Å²) in [5.41, 5.74) is 3.47. The Morgan fingerprint density at radius 1 is 1.50 bits per heavy atom. The second kappa shape index (κ2) is 5.70. The number of nitrogens with zero attached hydrogens (tertiary/aromatic N) is 2. The van der Waals surface area contributed by atoms with Crippen molar-refractivity contribution in [3.8, 4) is 5.88 Å². The van der Waals surface area contributed by atoms with E-state index < -0.39 is 0 Å². The zero-order chi connectivity index (χ0) is 12.1. The third kappa shape index (κ3) is 3.10. The van der Waals surface area contributed by atoms with Crippen LogP contribution in [0.25, 0.3) is 0 Å². The smallest absolute Gasteiger partial charge is 0.216 e. The lowest BCUT2D eigenvalue weighted by Crippen LogP contribution is -2.14. The van der Waals surface area contributed by atoms with Gasteiger partial charge < -0.3 is 10.1 Å². The summed E-state index contributed by atoms with van der Waals surface area (Å²) in [6.07, 6.45) is 2.16. The van der Waals surface area contributed by atoms with E-state index in [1.807, 2.05) is 14.0 Å². The fraction of sp³-hybridized carbons (Fsp3) is 0.583. The first-order valence-electron chi connectivity index (χ1n) is 5.46. The zero-order valence-electron chi connectivity index (χ0n) is 10.8. The van der Waals surface area contributed by atoms with Gasteiger partial charge in [-0.2, -0.15) is 5.10 Å². The van der Waals surface area contributed by atoms with Crippen molar-refractivity contribution in [2.45, 2.75) is 27.3 Å². The van der Waals surface area contributed by atoms with Crippen LogP contribution in [0.4, 0.5) is 0 Å². The average Bonchev–Trinajstić information content (AvgIpc) is 2.47. The minimum atomic E-state index is 0.784. The van der Waals surface area contributed by atoms with Crippen LogP contribution in [0, 0.1) is 6.92 Å². The molecule has 0 atom stereocenters. The van der Waals surface area contributed by atoms with Crippen LogP contribution in [0.2, 0.25) is 0 Å². The molecule has 0 unspecified atom stereocenters. The van der Waals surface area contributed by atoms with Crippen LogP contribution in [-0.4, -0.2) is 23.4 Å². The summed E-state index contributed by atoms with van der Waals surface area (Å²) in [6.45, 7) is 7.85. The summed E-state index contributed by atoms with van der Waals surface area (Å²) in [5.74, 6) is 0.835. The molecule has 0 saturated carbocycles. The van der Waals surface area contributed by atoms with Crippen LogP contribution in [0.3, 0.4) is 0 Å². The summed E-state index contributed by atoms with van der Waals surface area (Å²) < 4.78 is 7.09. The summed E-state index contributed by atoms with van der Waals surface area (Å²) >= 11 is 0. The van der Waals surface area contributed by atoms with Gasteiger partial charge in [0.15, 0.2) is 0 Å². The summed E-state index contributed by atoms with van der Waals surface area (Å²) in [5, 5.41) is 7.68. The summed E-state index contributed by atoms with van der Waals surface area (Å²) in [4.78, 5) is 0. The predicted octanol–water partition coefficient (Wildman–Crippen LogP) is 1.79. The van der Waals surface area contributed by atoms with Crippen LogP contribution in [-0.2, 0) is 13.6 Å². The monoisotopic (exact) mass is 223 g/mol. The van der Waals surface area contributed by atoms with Gasteiger partial charge in [0, 0.05) is 20.1 Å². The van der Waals surface area contributed by atoms with Crippen LogP contribution < -0.4 is 10.1 Å². The van der Waals surface area contributed by atoms with Crippen LogP contribution in [0.1, 0.15) is 25.1 Å². The van der Waals surface area contributed by atoms with E-state index in [0.29, 0.717) is 0 Å². The first kappa shape index (κ1) is 12.8. The number of aromatic nitrogens is 2. The van der Waals surface area contributed by atoms with E-state index in [9.17, 15) is 0 Å². The molecule has 1 heterocycles. The third-order valence-electron chi connectivity index (χ3n) is 2.44. The van der Waals surface area contributed by atoms with Crippen molar-refractivity contribution in [2.75, 3.05) is 13.7 Å². The van der Waals surface area contributed by atoms with E-state index in [1.54, 1.807) is 11.8 Å². The fourth-order valence-corrected chi connectivity index (χ4v) is 1.61. The quantitative estimate of drug-likeness (QED) is 0.611. The van der Waals surface area contributed by atoms with Crippen molar-refractivity contribution in [3.05, 3.63) is 22.9 Å². The minimum Gasteiger partial charge on any atom is -0.481 e. The number of nitrogens with one attached hydrogen (secondary N) is 1. The molecule has 0 amide bonds. The summed E-state index contributed by atoms with van der Waals surface area (Å²) in [7, 11) is 3.57. The lowest BCUT2D eigenvalue weighted by Gasteiger charge is -2.05. The van der Waals surface area contributed by atoms with E-state index >= 15 is 0 Å². The van der Waals surface area contributed by atoms with Gasteiger partial charge in [-0.05, 0) is 20.8 Å². The van der Waals surface area contributed by atoms with Crippen molar-refractivity contribution >= 4 is 0 Å². The van der Waals surface area contributed by atoms with Crippen LogP contribution in [0.5, 0.6) is 5.88 Å². The molecule has 0 bridgehead atoms. The molecule has 4 nitrogen and oxygen atoms in total. The van der Waals surface area contributed by atoms with E-state index in [2.05, 4.69) is 30.3 Å². The second-order valence-electron chi connectivity index (χ2n) is 4.11. The maximum absolute atomic E-state index is 5.32. The number of hydrogen-bond donors (Lipinski definition) is 1. The first-order valence-corrected chi connectivity index (χ1v) is 5.46. The molecular weight excluding hydrogens is 202 g/mol. The van der Waals surface area contributed by atoms with Gasteiger partial charge in [-0.15, -0.1) is 0 Å². The molecule has 1 rings (SSSR count). The predicted molar refractivity (Wildman–Crippen MR) is 65.6 cm³/mol. The number of aryl methyl sites for hydroxylation is 2. The Hall–Kier alpha value is -1.29. The first-order chi connectivity index (χ1) is 7.56. The molecule has 0 aliphatic carbocycles. The Labute approximate surface area is 97.3 Å². The Morgan fingerprint density at radius 3 is 2.75 bits per heavy atom. The standard InChI is InChI=1S/C12H21N3O/c1-9(2)6-7-13-8-11-10(3)14-15(4)12(11)16-5/h6,13H,7-8H2,1-5H3. The highest BCUT2D eigenvalue weighted by atomic mass is 16.5. The normalized spacial score (nSPS) is 10.3. The van der Waals surface area contributed by atoms with Crippen molar-refractivity contribution in [2.24, 2.45) is 7.05 Å². The number of allylic oxidation sites excluding steroid dienone is 1. The van der Waals surface area contributed by atoms with Crippen molar-refractivity contribution in [3.63, 3.8) is 0 Å². The van der Waals surface area contributed by atoms with Gasteiger partial charge in [0.2, 0.25) is 5.88 Å². The van der Waals surface area contributed by atoms with Gasteiger partial charge in [-0.3, -0.25) is 0 Å². The molecule has 0 radical (unpaired) electrons. The Bertz CT molecular complexity index is 376. The third-order valence-corrected chi connectivity index (χ3v) is 2.44. The molecule has 0 aliphatic heterocycles. The maximum Gasteiger partial charge on any atom is 0.216 e.